The van der Waals surface area contributed by atoms with E-state index in [1.165, 1.54) is 6.07 Å². The van der Waals surface area contributed by atoms with E-state index in [2.05, 4.69) is 6.58 Å². The summed E-state index contributed by atoms with van der Waals surface area (Å²) in [6, 6.07) is 7.13. The summed E-state index contributed by atoms with van der Waals surface area (Å²) in [5.74, 6) is -1.13. The molecule has 0 heterocycles. The van der Waals surface area contributed by atoms with Gasteiger partial charge in [0.15, 0.2) is 0 Å². The predicted molar refractivity (Wildman–Crippen MR) is 96.9 cm³/mol. The molecule has 6 nitrogen and oxygen atoms in total. The predicted octanol–water partition coefficient (Wildman–Crippen LogP) is 3.33. The SMILES string of the molecule is C=C(C)COC(=O)c1ccccc1C(=O)OCCC[Si](C)(OC)OC. The van der Waals surface area contributed by atoms with Crippen LogP contribution < -0.4 is 0 Å². The minimum atomic E-state index is -2.17. The van der Waals surface area contributed by atoms with Gasteiger partial charge in [-0.1, -0.05) is 18.7 Å². The van der Waals surface area contributed by atoms with Gasteiger partial charge in [-0.15, -0.1) is 0 Å². The first-order valence-corrected chi connectivity index (χ1v) is 10.5. The van der Waals surface area contributed by atoms with Crippen LogP contribution in [0.1, 0.15) is 34.1 Å². The Balaban J connectivity index is 2.64. The lowest BCUT2D eigenvalue weighted by Gasteiger charge is -2.22. The van der Waals surface area contributed by atoms with Crippen LogP contribution in [0, 0.1) is 0 Å². The monoisotopic (exact) mass is 366 g/mol. The molecule has 0 saturated heterocycles. The standard InChI is InChI=1S/C18H26O6Si/c1-14(2)13-24-18(20)16-10-7-6-9-15(16)17(19)23-11-8-12-25(5,21-3)22-4/h6-7,9-10H,1,8,11-13H2,2-5H3. The van der Waals surface area contributed by atoms with Crippen molar-refractivity contribution in [2.24, 2.45) is 0 Å². The molecule has 0 bridgehead atoms. The third kappa shape index (κ3) is 6.81. The fraction of sp³-hybridized carbons (Fsp3) is 0.444. The summed E-state index contributed by atoms with van der Waals surface area (Å²) in [6.07, 6.45) is 0.623. The Morgan fingerprint density at radius 3 is 2.04 bits per heavy atom. The van der Waals surface area contributed by atoms with Gasteiger partial charge in [0.05, 0.1) is 17.7 Å². The van der Waals surface area contributed by atoms with Gasteiger partial charge in [0, 0.05) is 14.2 Å². The van der Waals surface area contributed by atoms with Crippen LogP contribution in [0.4, 0.5) is 0 Å². The molecule has 1 aromatic rings. The molecule has 7 heteroatoms. The number of esters is 2. The van der Waals surface area contributed by atoms with Crippen molar-refractivity contribution in [1.82, 2.24) is 0 Å². The summed E-state index contributed by atoms with van der Waals surface area (Å²) in [5, 5.41) is 0. The van der Waals surface area contributed by atoms with E-state index in [1.807, 2.05) is 6.55 Å². The Bertz CT molecular complexity index is 609. The van der Waals surface area contributed by atoms with E-state index in [0.717, 1.165) is 5.57 Å². The fourth-order valence-corrected chi connectivity index (χ4v) is 3.39. The first-order valence-electron chi connectivity index (χ1n) is 8.01. The summed E-state index contributed by atoms with van der Waals surface area (Å²) in [5.41, 5.74) is 1.09. The highest BCUT2D eigenvalue weighted by atomic mass is 28.4. The van der Waals surface area contributed by atoms with E-state index in [1.54, 1.807) is 39.3 Å². The first kappa shape index (κ1) is 21.1. The second kappa shape index (κ2) is 10.1. The zero-order valence-electron chi connectivity index (χ0n) is 15.3. The van der Waals surface area contributed by atoms with Crippen molar-refractivity contribution >= 4 is 20.5 Å². The highest BCUT2D eigenvalue weighted by molar-refractivity contribution is 6.65. The minimum absolute atomic E-state index is 0.111. The zero-order chi connectivity index (χ0) is 18.9. The second-order valence-electron chi connectivity index (χ2n) is 5.86. The highest BCUT2D eigenvalue weighted by Crippen LogP contribution is 2.15. The summed E-state index contributed by atoms with van der Waals surface area (Å²) in [4.78, 5) is 24.4. The number of carbonyl (C=O) groups is 2. The van der Waals surface area contributed by atoms with Gasteiger partial charge in [0.1, 0.15) is 6.61 Å². The molecule has 1 aromatic carbocycles. The van der Waals surface area contributed by atoms with Crippen LogP contribution in [0.15, 0.2) is 36.4 Å². The molecule has 0 aromatic heterocycles. The Labute approximate surface area is 150 Å². The van der Waals surface area contributed by atoms with Gasteiger partial charge in [-0.2, -0.15) is 0 Å². The maximum absolute atomic E-state index is 12.3. The average Bonchev–Trinajstić information content (AvgIpc) is 2.62. The van der Waals surface area contributed by atoms with Crippen LogP contribution in [-0.4, -0.2) is 47.9 Å². The van der Waals surface area contributed by atoms with Crippen molar-refractivity contribution in [2.45, 2.75) is 25.9 Å². The molecule has 25 heavy (non-hydrogen) atoms. The molecule has 0 atom stereocenters. The average molecular weight is 366 g/mol. The normalized spacial score (nSPS) is 11.0. The van der Waals surface area contributed by atoms with E-state index in [-0.39, 0.29) is 24.3 Å². The van der Waals surface area contributed by atoms with Crippen molar-refractivity contribution in [3.05, 3.63) is 47.5 Å². The molecule has 0 unspecified atom stereocenters. The Morgan fingerprint density at radius 2 is 1.56 bits per heavy atom. The van der Waals surface area contributed by atoms with E-state index in [9.17, 15) is 9.59 Å². The van der Waals surface area contributed by atoms with E-state index in [4.69, 9.17) is 18.3 Å². The van der Waals surface area contributed by atoms with Crippen LogP contribution in [0.25, 0.3) is 0 Å². The molecule has 138 valence electrons. The van der Waals surface area contributed by atoms with Crippen LogP contribution in [0.2, 0.25) is 12.6 Å². The summed E-state index contributed by atoms with van der Waals surface area (Å²) < 4.78 is 21.1. The van der Waals surface area contributed by atoms with Crippen LogP contribution >= 0.6 is 0 Å². The second-order valence-corrected chi connectivity index (χ2v) is 9.44. The molecule has 0 radical (unpaired) electrons. The van der Waals surface area contributed by atoms with Gasteiger partial charge >= 0.3 is 20.5 Å². The van der Waals surface area contributed by atoms with Gasteiger partial charge in [0.25, 0.3) is 0 Å². The first-order chi connectivity index (χ1) is 11.8. The maximum atomic E-state index is 12.3. The molecule has 0 aliphatic heterocycles. The lowest BCUT2D eigenvalue weighted by atomic mass is 10.1. The lowest BCUT2D eigenvalue weighted by Crippen LogP contribution is -2.36. The van der Waals surface area contributed by atoms with Gasteiger partial charge in [-0.3, -0.25) is 0 Å². The number of ether oxygens (including phenoxy) is 2. The Kier molecular flexibility index (Phi) is 8.54. The molecular formula is C18H26O6Si. The number of rotatable bonds is 10. The molecule has 0 aliphatic carbocycles. The molecule has 0 N–H and O–H groups in total. The Hall–Kier alpha value is -1.96. The molecule has 0 saturated carbocycles. The summed E-state index contributed by atoms with van der Waals surface area (Å²) in [6.45, 7) is 7.71. The van der Waals surface area contributed by atoms with Gasteiger partial charge in [-0.25, -0.2) is 9.59 Å². The lowest BCUT2D eigenvalue weighted by molar-refractivity contribution is 0.0470. The number of carbonyl (C=O) groups excluding carboxylic acids is 2. The molecule has 0 amide bonds. The van der Waals surface area contributed by atoms with Crippen LogP contribution in [0.5, 0.6) is 0 Å². The largest absolute Gasteiger partial charge is 0.462 e. The van der Waals surface area contributed by atoms with Crippen molar-refractivity contribution < 1.29 is 27.9 Å². The maximum Gasteiger partial charge on any atom is 0.339 e. The molecule has 1 rings (SSSR count). The number of benzene rings is 1. The fourth-order valence-electron chi connectivity index (χ4n) is 2.03. The van der Waals surface area contributed by atoms with E-state index < -0.39 is 20.5 Å². The summed E-state index contributed by atoms with van der Waals surface area (Å²) >= 11 is 0. The smallest absolute Gasteiger partial charge is 0.339 e. The zero-order valence-corrected chi connectivity index (χ0v) is 16.3. The van der Waals surface area contributed by atoms with Crippen molar-refractivity contribution in [3.8, 4) is 0 Å². The topological polar surface area (TPSA) is 71.1 Å². The third-order valence-electron chi connectivity index (χ3n) is 3.69. The number of hydrogen-bond acceptors (Lipinski definition) is 6. The van der Waals surface area contributed by atoms with Crippen molar-refractivity contribution in [3.63, 3.8) is 0 Å². The number of hydrogen-bond donors (Lipinski definition) is 0. The third-order valence-corrected chi connectivity index (χ3v) is 6.68. The van der Waals surface area contributed by atoms with Gasteiger partial charge in [0.2, 0.25) is 0 Å². The molecular weight excluding hydrogens is 340 g/mol. The quantitative estimate of drug-likeness (QED) is 0.274. The van der Waals surface area contributed by atoms with Crippen LogP contribution in [-0.2, 0) is 18.3 Å². The minimum Gasteiger partial charge on any atom is -0.462 e. The molecule has 0 aliphatic rings. The van der Waals surface area contributed by atoms with E-state index in [0.29, 0.717) is 12.5 Å². The van der Waals surface area contributed by atoms with Crippen LogP contribution in [0.3, 0.4) is 0 Å². The Morgan fingerprint density at radius 1 is 1.04 bits per heavy atom. The summed E-state index contributed by atoms with van der Waals surface area (Å²) in [7, 11) is 1.07. The molecule has 0 spiro atoms. The highest BCUT2D eigenvalue weighted by Gasteiger charge is 2.28. The molecule has 0 fully saturated rings. The van der Waals surface area contributed by atoms with Gasteiger partial charge < -0.3 is 18.3 Å². The van der Waals surface area contributed by atoms with E-state index >= 15 is 0 Å². The van der Waals surface area contributed by atoms with Crippen molar-refractivity contribution in [1.29, 1.82) is 0 Å². The van der Waals surface area contributed by atoms with Gasteiger partial charge in [-0.05, 0) is 43.6 Å². The van der Waals surface area contributed by atoms with Crippen molar-refractivity contribution in [2.75, 3.05) is 27.4 Å².